The largest absolute Gasteiger partial charge is 0.479 e. The Labute approximate surface area is 164 Å². The number of fused-ring (bicyclic) bond motifs is 1. The van der Waals surface area contributed by atoms with Crippen LogP contribution in [0.25, 0.3) is 0 Å². The van der Waals surface area contributed by atoms with Crippen LogP contribution in [0.3, 0.4) is 0 Å². The van der Waals surface area contributed by atoms with Gasteiger partial charge in [-0.25, -0.2) is 4.79 Å². The van der Waals surface area contributed by atoms with Gasteiger partial charge in [-0.1, -0.05) is 12.1 Å². The molecule has 2 heterocycles. The van der Waals surface area contributed by atoms with E-state index >= 15 is 0 Å². The molecule has 3 rings (SSSR count). The van der Waals surface area contributed by atoms with Crippen LogP contribution in [0.1, 0.15) is 44.9 Å². The Kier molecular flexibility index (Phi) is 5.27. The number of pyridine rings is 1. The van der Waals surface area contributed by atoms with Crippen molar-refractivity contribution in [3.8, 4) is 5.75 Å². The van der Waals surface area contributed by atoms with Crippen LogP contribution in [0.15, 0.2) is 42.7 Å². The van der Waals surface area contributed by atoms with E-state index in [1.165, 1.54) is 4.90 Å². The van der Waals surface area contributed by atoms with Gasteiger partial charge < -0.3 is 19.7 Å². The van der Waals surface area contributed by atoms with Crippen molar-refractivity contribution in [2.24, 2.45) is 0 Å². The SMILES string of the molecule is CC1Oc2ccc(C(c3cccnc3)N(C)C(=O)OC(C)(C)C)cc2NC1=O. The molecular formula is C21H25N3O4. The molecule has 0 aliphatic carbocycles. The molecular weight excluding hydrogens is 358 g/mol. The number of hydrogen-bond donors (Lipinski definition) is 1. The van der Waals surface area contributed by atoms with E-state index in [0.29, 0.717) is 11.4 Å². The summed E-state index contributed by atoms with van der Waals surface area (Å²) in [4.78, 5) is 30.4. The predicted molar refractivity (Wildman–Crippen MR) is 105 cm³/mol. The maximum Gasteiger partial charge on any atom is 0.410 e. The number of aromatic nitrogens is 1. The molecule has 1 aromatic carbocycles. The van der Waals surface area contributed by atoms with Gasteiger partial charge in [-0.15, -0.1) is 0 Å². The lowest BCUT2D eigenvalue weighted by molar-refractivity contribution is -0.122. The van der Waals surface area contributed by atoms with E-state index in [9.17, 15) is 9.59 Å². The van der Waals surface area contributed by atoms with E-state index in [0.717, 1.165) is 11.1 Å². The fraction of sp³-hybridized carbons (Fsp3) is 0.381. The minimum absolute atomic E-state index is 0.205. The molecule has 0 saturated heterocycles. The Morgan fingerprint density at radius 2 is 2.04 bits per heavy atom. The average molecular weight is 383 g/mol. The number of benzene rings is 1. The molecule has 1 N–H and O–H groups in total. The quantitative estimate of drug-likeness (QED) is 0.873. The van der Waals surface area contributed by atoms with Gasteiger partial charge in [0.2, 0.25) is 0 Å². The first-order valence-corrected chi connectivity index (χ1v) is 9.13. The Hall–Kier alpha value is -3.09. The van der Waals surface area contributed by atoms with E-state index in [2.05, 4.69) is 10.3 Å². The molecule has 0 spiro atoms. The van der Waals surface area contributed by atoms with Crippen molar-refractivity contribution in [3.63, 3.8) is 0 Å². The molecule has 7 nitrogen and oxygen atoms in total. The van der Waals surface area contributed by atoms with Crippen molar-refractivity contribution in [3.05, 3.63) is 53.9 Å². The number of hydrogen-bond acceptors (Lipinski definition) is 5. The summed E-state index contributed by atoms with van der Waals surface area (Å²) in [5, 5.41) is 2.85. The average Bonchev–Trinajstić information content (AvgIpc) is 2.62. The molecule has 148 valence electrons. The van der Waals surface area contributed by atoms with Crippen LogP contribution in [0, 0.1) is 0 Å². The van der Waals surface area contributed by atoms with Crippen LogP contribution in [0.5, 0.6) is 5.75 Å². The summed E-state index contributed by atoms with van der Waals surface area (Å²) in [5.74, 6) is 0.392. The molecule has 0 saturated carbocycles. The summed E-state index contributed by atoms with van der Waals surface area (Å²) in [6.45, 7) is 7.17. The van der Waals surface area contributed by atoms with E-state index in [4.69, 9.17) is 9.47 Å². The summed E-state index contributed by atoms with van der Waals surface area (Å²) in [7, 11) is 1.68. The van der Waals surface area contributed by atoms with Crippen molar-refractivity contribution in [1.29, 1.82) is 0 Å². The zero-order chi connectivity index (χ0) is 20.5. The second-order valence-corrected chi connectivity index (χ2v) is 7.79. The fourth-order valence-electron chi connectivity index (χ4n) is 3.01. The summed E-state index contributed by atoms with van der Waals surface area (Å²) >= 11 is 0. The fourth-order valence-corrected chi connectivity index (χ4v) is 3.01. The summed E-state index contributed by atoms with van der Waals surface area (Å²) in [6.07, 6.45) is 2.39. The van der Waals surface area contributed by atoms with Crippen LogP contribution in [0.4, 0.5) is 10.5 Å². The molecule has 2 atom stereocenters. The van der Waals surface area contributed by atoms with Crippen molar-refractivity contribution in [2.45, 2.75) is 45.4 Å². The number of amides is 2. The van der Waals surface area contributed by atoms with Crippen LogP contribution in [-0.2, 0) is 9.53 Å². The van der Waals surface area contributed by atoms with Crippen molar-refractivity contribution in [1.82, 2.24) is 9.88 Å². The second-order valence-electron chi connectivity index (χ2n) is 7.79. The van der Waals surface area contributed by atoms with Crippen molar-refractivity contribution in [2.75, 3.05) is 12.4 Å². The summed E-state index contributed by atoms with van der Waals surface area (Å²) < 4.78 is 11.2. The van der Waals surface area contributed by atoms with Gasteiger partial charge in [-0.2, -0.15) is 0 Å². The first kappa shape index (κ1) is 19.7. The molecule has 0 fully saturated rings. The highest BCUT2D eigenvalue weighted by Gasteiger charge is 2.30. The lowest BCUT2D eigenvalue weighted by Crippen LogP contribution is -2.37. The number of ether oxygens (including phenoxy) is 2. The Balaban J connectivity index is 2.00. The predicted octanol–water partition coefficient (Wildman–Crippen LogP) is 3.76. The standard InChI is InChI=1S/C21H25N3O4/c1-13-19(25)23-16-11-14(8-9-17(16)27-13)18(15-7-6-10-22-12-15)24(5)20(26)28-21(2,3)4/h6-13,18H,1-5H3,(H,23,25). The molecule has 28 heavy (non-hydrogen) atoms. The zero-order valence-electron chi connectivity index (χ0n) is 16.7. The van der Waals surface area contributed by atoms with Crippen LogP contribution < -0.4 is 10.1 Å². The normalized spacial score (nSPS) is 17.0. The molecule has 0 bridgehead atoms. The third-order valence-corrected chi connectivity index (χ3v) is 4.32. The first-order valence-electron chi connectivity index (χ1n) is 9.13. The Bertz CT molecular complexity index is 877. The molecule has 0 radical (unpaired) electrons. The summed E-state index contributed by atoms with van der Waals surface area (Å²) in [6, 6.07) is 8.77. The smallest absolute Gasteiger partial charge is 0.410 e. The second kappa shape index (κ2) is 7.50. The van der Waals surface area contributed by atoms with E-state index in [1.54, 1.807) is 32.4 Å². The lowest BCUT2D eigenvalue weighted by Gasteiger charge is -2.32. The molecule has 1 aromatic heterocycles. The number of nitrogens with zero attached hydrogens (tertiary/aromatic N) is 2. The molecule has 2 unspecified atom stereocenters. The Morgan fingerprint density at radius 3 is 2.68 bits per heavy atom. The van der Waals surface area contributed by atoms with Gasteiger partial charge in [0.25, 0.3) is 5.91 Å². The van der Waals surface area contributed by atoms with E-state index in [-0.39, 0.29) is 5.91 Å². The monoisotopic (exact) mass is 383 g/mol. The highest BCUT2D eigenvalue weighted by atomic mass is 16.6. The van der Waals surface area contributed by atoms with E-state index < -0.39 is 23.8 Å². The van der Waals surface area contributed by atoms with Crippen LogP contribution >= 0.6 is 0 Å². The van der Waals surface area contributed by atoms with Gasteiger partial charge >= 0.3 is 6.09 Å². The zero-order valence-corrected chi connectivity index (χ0v) is 16.7. The topological polar surface area (TPSA) is 80.8 Å². The molecule has 7 heteroatoms. The van der Waals surface area contributed by atoms with Gasteiger partial charge in [0.05, 0.1) is 11.7 Å². The van der Waals surface area contributed by atoms with Crippen LogP contribution in [0.2, 0.25) is 0 Å². The van der Waals surface area contributed by atoms with Gasteiger partial charge in [0.15, 0.2) is 6.10 Å². The molecule has 1 aliphatic heterocycles. The number of carbonyl (C=O) groups is 2. The Morgan fingerprint density at radius 1 is 1.29 bits per heavy atom. The molecule has 2 amide bonds. The number of carbonyl (C=O) groups excluding carboxylic acids is 2. The van der Waals surface area contributed by atoms with Gasteiger partial charge in [-0.05, 0) is 57.0 Å². The third kappa shape index (κ3) is 4.24. The minimum atomic E-state index is -0.612. The highest BCUT2D eigenvalue weighted by Crippen LogP contribution is 2.36. The third-order valence-electron chi connectivity index (χ3n) is 4.32. The number of rotatable bonds is 3. The lowest BCUT2D eigenvalue weighted by atomic mass is 9.98. The first-order chi connectivity index (χ1) is 13.2. The number of anilines is 1. The maximum atomic E-state index is 12.7. The minimum Gasteiger partial charge on any atom is -0.479 e. The van der Waals surface area contributed by atoms with Gasteiger partial charge in [0, 0.05) is 19.4 Å². The highest BCUT2D eigenvalue weighted by molar-refractivity contribution is 5.97. The number of nitrogens with one attached hydrogen (secondary N) is 1. The van der Waals surface area contributed by atoms with Crippen molar-refractivity contribution >= 4 is 17.7 Å². The van der Waals surface area contributed by atoms with Crippen molar-refractivity contribution < 1.29 is 19.1 Å². The van der Waals surface area contributed by atoms with E-state index in [1.807, 2.05) is 45.0 Å². The van der Waals surface area contributed by atoms with Gasteiger partial charge in [0.1, 0.15) is 11.4 Å². The molecule has 2 aromatic rings. The maximum absolute atomic E-state index is 12.7. The van der Waals surface area contributed by atoms with Gasteiger partial charge in [-0.3, -0.25) is 9.78 Å². The summed E-state index contributed by atoms with van der Waals surface area (Å²) in [5.41, 5.74) is 1.59. The van der Waals surface area contributed by atoms with Crippen LogP contribution in [-0.4, -0.2) is 40.6 Å². The molecule has 1 aliphatic rings.